The number of nitrogens with zero attached hydrogens (tertiary/aromatic N) is 2. The highest BCUT2D eigenvalue weighted by molar-refractivity contribution is 5.91. The average Bonchev–Trinajstić information content (AvgIpc) is 3.30. The zero-order valence-electron chi connectivity index (χ0n) is 13.3. The SMILES string of the molecule is Cc1cc([N+](=O)[O-])ccc1NC(=O)CCN(C)C(C)C1CC1. The van der Waals surface area contributed by atoms with Crippen LogP contribution in [0.2, 0.25) is 0 Å². The van der Waals surface area contributed by atoms with Gasteiger partial charge in [0.05, 0.1) is 4.92 Å². The van der Waals surface area contributed by atoms with Crippen molar-refractivity contribution in [2.24, 2.45) is 5.92 Å². The number of non-ortho nitro benzene ring substituents is 1. The molecular weight excluding hydrogens is 282 g/mol. The summed E-state index contributed by atoms with van der Waals surface area (Å²) in [5, 5.41) is 13.5. The largest absolute Gasteiger partial charge is 0.326 e. The van der Waals surface area contributed by atoms with E-state index in [0.717, 1.165) is 12.5 Å². The van der Waals surface area contributed by atoms with E-state index in [1.807, 2.05) is 7.05 Å². The first kappa shape index (κ1) is 16.4. The summed E-state index contributed by atoms with van der Waals surface area (Å²) in [5.74, 6) is 0.719. The maximum Gasteiger partial charge on any atom is 0.269 e. The van der Waals surface area contributed by atoms with Gasteiger partial charge in [-0.2, -0.15) is 0 Å². The van der Waals surface area contributed by atoms with Crippen molar-refractivity contribution in [3.63, 3.8) is 0 Å². The second kappa shape index (κ2) is 6.87. The predicted octanol–water partition coefficient (Wildman–Crippen LogP) is 2.96. The lowest BCUT2D eigenvalue weighted by atomic mass is 10.1. The molecule has 6 heteroatoms. The summed E-state index contributed by atoms with van der Waals surface area (Å²) in [5.41, 5.74) is 1.37. The van der Waals surface area contributed by atoms with Gasteiger partial charge in [-0.3, -0.25) is 14.9 Å². The van der Waals surface area contributed by atoms with Crippen LogP contribution in [0.1, 0.15) is 31.7 Å². The summed E-state index contributed by atoms with van der Waals surface area (Å²) in [4.78, 5) is 24.5. The number of nitro groups is 1. The number of benzene rings is 1. The molecule has 1 unspecified atom stereocenters. The number of anilines is 1. The predicted molar refractivity (Wildman–Crippen MR) is 85.9 cm³/mol. The molecule has 22 heavy (non-hydrogen) atoms. The lowest BCUT2D eigenvalue weighted by Gasteiger charge is -2.24. The molecule has 1 aliphatic rings. The van der Waals surface area contributed by atoms with Crippen LogP contribution < -0.4 is 5.32 Å². The molecule has 1 aliphatic carbocycles. The number of amides is 1. The highest BCUT2D eigenvalue weighted by atomic mass is 16.6. The van der Waals surface area contributed by atoms with Crippen LogP contribution >= 0.6 is 0 Å². The van der Waals surface area contributed by atoms with E-state index in [1.54, 1.807) is 13.0 Å². The van der Waals surface area contributed by atoms with Crippen molar-refractivity contribution in [3.05, 3.63) is 33.9 Å². The lowest BCUT2D eigenvalue weighted by molar-refractivity contribution is -0.384. The van der Waals surface area contributed by atoms with Gasteiger partial charge >= 0.3 is 0 Å². The molecule has 1 atom stereocenters. The minimum absolute atomic E-state index is 0.0356. The Bertz CT molecular complexity index is 570. The van der Waals surface area contributed by atoms with Crippen LogP contribution in [0.3, 0.4) is 0 Å². The Balaban J connectivity index is 1.85. The molecule has 0 aromatic heterocycles. The van der Waals surface area contributed by atoms with Gasteiger partial charge in [0.15, 0.2) is 0 Å². The van der Waals surface area contributed by atoms with E-state index < -0.39 is 4.92 Å². The molecule has 1 fully saturated rings. The fourth-order valence-corrected chi connectivity index (χ4v) is 2.53. The van der Waals surface area contributed by atoms with Crippen LogP contribution in [-0.4, -0.2) is 35.4 Å². The summed E-state index contributed by atoms with van der Waals surface area (Å²) in [6.45, 7) is 4.68. The minimum Gasteiger partial charge on any atom is -0.326 e. The van der Waals surface area contributed by atoms with Crippen molar-refractivity contribution in [3.8, 4) is 0 Å². The number of nitro benzene ring substituents is 1. The van der Waals surface area contributed by atoms with Crippen LogP contribution in [0, 0.1) is 23.0 Å². The Morgan fingerprint density at radius 1 is 1.50 bits per heavy atom. The zero-order chi connectivity index (χ0) is 16.3. The van der Waals surface area contributed by atoms with Crippen molar-refractivity contribution in [1.29, 1.82) is 0 Å². The van der Waals surface area contributed by atoms with Crippen molar-refractivity contribution in [1.82, 2.24) is 4.90 Å². The molecule has 1 aromatic carbocycles. The molecule has 1 amide bonds. The molecule has 1 aromatic rings. The van der Waals surface area contributed by atoms with E-state index in [4.69, 9.17) is 0 Å². The Labute approximate surface area is 130 Å². The van der Waals surface area contributed by atoms with E-state index in [9.17, 15) is 14.9 Å². The van der Waals surface area contributed by atoms with Gasteiger partial charge in [0.25, 0.3) is 5.69 Å². The van der Waals surface area contributed by atoms with Crippen molar-refractivity contribution >= 4 is 17.3 Å². The van der Waals surface area contributed by atoms with Crippen LogP contribution in [0.15, 0.2) is 18.2 Å². The highest BCUT2D eigenvalue weighted by Gasteiger charge is 2.30. The number of hydrogen-bond donors (Lipinski definition) is 1. The molecule has 120 valence electrons. The molecule has 6 nitrogen and oxygen atoms in total. The van der Waals surface area contributed by atoms with Gasteiger partial charge in [0.2, 0.25) is 5.91 Å². The van der Waals surface area contributed by atoms with Crippen molar-refractivity contribution in [2.75, 3.05) is 18.9 Å². The van der Waals surface area contributed by atoms with Gasteiger partial charge < -0.3 is 10.2 Å². The van der Waals surface area contributed by atoms with Crippen LogP contribution in [-0.2, 0) is 4.79 Å². The monoisotopic (exact) mass is 305 g/mol. The molecular formula is C16H23N3O3. The number of carbonyl (C=O) groups is 1. The van der Waals surface area contributed by atoms with Gasteiger partial charge in [-0.15, -0.1) is 0 Å². The van der Waals surface area contributed by atoms with Crippen LogP contribution in [0.4, 0.5) is 11.4 Å². The quantitative estimate of drug-likeness (QED) is 0.620. The van der Waals surface area contributed by atoms with E-state index in [0.29, 0.717) is 23.7 Å². The molecule has 0 heterocycles. The summed E-state index contributed by atoms with van der Waals surface area (Å²) >= 11 is 0. The Kier molecular flexibility index (Phi) is 5.13. The summed E-state index contributed by atoms with van der Waals surface area (Å²) in [7, 11) is 2.05. The second-order valence-electron chi connectivity index (χ2n) is 6.11. The fourth-order valence-electron chi connectivity index (χ4n) is 2.53. The standard InChI is InChI=1S/C16H23N3O3/c1-11-10-14(19(21)22)6-7-15(11)17-16(20)8-9-18(3)12(2)13-4-5-13/h6-7,10,12-13H,4-5,8-9H2,1-3H3,(H,17,20). The zero-order valence-corrected chi connectivity index (χ0v) is 13.3. The number of nitrogens with one attached hydrogen (secondary N) is 1. The topological polar surface area (TPSA) is 75.5 Å². The average molecular weight is 305 g/mol. The summed E-state index contributed by atoms with van der Waals surface area (Å²) in [6, 6.07) is 4.98. The molecule has 0 saturated heterocycles. The van der Waals surface area contributed by atoms with E-state index >= 15 is 0 Å². The maximum atomic E-state index is 12.0. The molecule has 2 rings (SSSR count). The minimum atomic E-state index is -0.438. The first-order valence-corrected chi connectivity index (χ1v) is 7.63. The second-order valence-corrected chi connectivity index (χ2v) is 6.11. The Morgan fingerprint density at radius 2 is 2.18 bits per heavy atom. The fraction of sp³-hybridized carbons (Fsp3) is 0.562. The Hall–Kier alpha value is -1.95. The van der Waals surface area contributed by atoms with Gasteiger partial charge in [-0.1, -0.05) is 0 Å². The van der Waals surface area contributed by atoms with Gasteiger partial charge in [-0.05, 0) is 51.3 Å². The van der Waals surface area contributed by atoms with E-state index in [2.05, 4.69) is 17.1 Å². The van der Waals surface area contributed by atoms with Crippen LogP contribution in [0.5, 0.6) is 0 Å². The third-order valence-corrected chi connectivity index (χ3v) is 4.39. The molecule has 0 spiro atoms. The number of rotatable bonds is 7. The first-order valence-electron chi connectivity index (χ1n) is 7.63. The molecule has 0 bridgehead atoms. The lowest BCUT2D eigenvalue weighted by Crippen LogP contribution is -2.33. The smallest absolute Gasteiger partial charge is 0.269 e. The van der Waals surface area contributed by atoms with Crippen molar-refractivity contribution < 1.29 is 9.72 Å². The summed E-state index contributed by atoms with van der Waals surface area (Å²) < 4.78 is 0. The third-order valence-electron chi connectivity index (χ3n) is 4.39. The highest BCUT2D eigenvalue weighted by Crippen LogP contribution is 2.34. The summed E-state index contributed by atoms with van der Waals surface area (Å²) in [6.07, 6.45) is 3.00. The number of aryl methyl sites for hydroxylation is 1. The first-order chi connectivity index (χ1) is 10.4. The van der Waals surface area contributed by atoms with E-state index in [-0.39, 0.29) is 11.6 Å². The number of hydrogen-bond acceptors (Lipinski definition) is 4. The Morgan fingerprint density at radius 3 is 2.73 bits per heavy atom. The third kappa shape index (κ3) is 4.27. The van der Waals surface area contributed by atoms with Gasteiger partial charge in [-0.25, -0.2) is 0 Å². The van der Waals surface area contributed by atoms with E-state index in [1.165, 1.54) is 25.0 Å². The van der Waals surface area contributed by atoms with Gasteiger partial charge in [0, 0.05) is 36.8 Å². The maximum absolute atomic E-state index is 12.0. The molecule has 1 saturated carbocycles. The van der Waals surface area contributed by atoms with Crippen LogP contribution in [0.25, 0.3) is 0 Å². The molecule has 1 N–H and O–H groups in total. The molecule has 0 radical (unpaired) electrons. The van der Waals surface area contributed by atoms with Crippen molar-refractivity contribution in [2.45, 2.75) is 39.2 Å². The molecule has 0 aliphatic heterocycles. The number of carbonyl (C=O) groups excluding carboxylic acids is 1. The van der Waals surface area contributed by atoms with Gasteiger partial charge in [0.1, 0.15) is 0 Å². The normalized spacial score (nSPS) is 15.6.